The van der Waals surface area contributed by atoms with Gasteiger partial charge in [-0.2, -0.15) is 0 Å². The molecular weight excluding hydrogens is 597 g/mol. The highest BCUT2D eigenvalue weighted by Gasteiger charge is 2.49. The first-order chi connectivity index (χ1) is 20.9. The molecule has 6 nitrogen and oxygen atoms in total. The van der Waals surface area contributed by atoms with Crippen molar-refractivity contribution in [1.29, 1.82) is 0 Å². The van der Waals surface area contributed by atoms with Crippen LogP contribution in [0.15, 0.2) is 58.9 Å². The Bertz CT molecular complexity index is 1470. The van der Waals surface area contributed by atoms with E-state index in [1.54, 1.807) is 7.11 Å². The Kier molecular flexibility index (Phi) is 9.55. The number of nitrogens with zero attached hydrogens (tertiary/aromatic N) is 1. The van der Waals surface area contributed by atoms with Crippen LogP contribution in [0.5, 0.6) is 11.5 Å². The molecule has 0 bridgehead atoms. The number of carbonyl (C=O) groups excluding carboxylic acids is 2. The van der Waals surface area contributed by atoms with Crippen molar-refractivity contribution in [3.8, 4) is 11.5 Å². The number of benzene rings is 2. The molecule has 0 amide bonds. The van der Waals surface area contributed by atoms with E-state index in [-0.39, 0.29) is 29.0 Å². The quantitative estimate of drug-likeness (QED) is 0.242. The van der Waals surface area contributed by atoms with Gasteiger partial charge in [-0.15, -0.1) is 0 Å². The average Bonchev–Trinajstić information content (AvgIpc) is 2.92. The normalized spacial score (nSPS) is 19.7. The Morgan fingerprint density at radius 3 is 2.05 bits per heavy atom. The second-order valence-corrected chi connectivity index (χ2v) is 14.5. The molecule has 3 aliphatic rings. The van der Waals surface area contributed by atoms with Crippen molar-refractivity contribution in [3.63, 3.8) is 0 Å². The Balaban J connectivity index is 1.66. The van der Waals surface area contributed by atoms with Crippen molar-refractivity contribution in [1.82, 2.24) is 4.90 Å². The summed E-state index contributed by atoms with van der Waals surface area (Å²) in [5.41, 5.74) is 4.64. The maximum absolute atomic E-state index is 14.1. The molecule has 2 aliphatic carbocycles. The summed E-state index contributed by atoms with van der Waals surface area (Å²) in [6, 6.07) is 11.2. The van der Waals surface area contributed by atoms with Crippen molar-refractivity contribution >= 4 is 34.8 Å². The van der Waals surface area contributed by atoms with E-state index in [9.17, 15) is 9.59 Å². The third-order valence-electron chi connectivity index (χ3n) is 8.75. The summed E-state index contributed by atoms with van der Waals surface area (Å²) in [4.78, 5) is 30.5. The first-order valence-corrected chi connectivity index (χ1v) is 16.2. The van der Waals surface area contributed by atoms with Crippen LogP contribution in [0.1, 0.15) is 83.8 Å². The van der Waals surface area contributed by atoms with Gasteiger partial charge in [0.2, 0.25) is 0 Å². The molecule has 0 radical (unpaired) electrons. The lowest BCUT2D eigenvalue weighted by atomic mass is 9.63. The van der Waals surface area contributed by atoms with Crippen molar-refractivity contribution < 1.29 is 23.8 Å². The highest BCUT2D eigenvalue weighted by atomic mass is 35.5. The molecule has 0 saturated carbocycles. The monoisotopic (exact) mass is 639 g/mol. The van der Waals surface area contributed by atoms with Gasteiger partial charge in [0.05, 0.1) is 11.6 Å². The number of Topliss-reactive ketones (excluding diaryl/α,β-unsaturated/α-hetero) is 2. The van der Waals surface area contributed by atoms with Crippen LogP contribution in [0, 0.1) is 10.8 Å². The minimum atomic E-state index is -0.528. The van der Waals surface area contributed by atoms with E-state index in [1.807, 2.05) is 43.3 Å². The lowest BCUT2D eigenvalue weighted by molar-refractivity contribution is -0.119. The van der Waals surface area contributed by atoms with Gasteiger partial charge in [-0.1, -0.05) is 69.1 Å². The highest BCUT2D eigenvalue weighted by Crippen LogP contribution is 2.55. The van der Waals surface area contributed by atoms with Gasteiger partial charge in [0.15, 0.2) is 23.1 Å². The zero-order chi connectivity index (χ0) is 31.8. The van der Waals surface area contributed by atoms with Crippen molar-refractivity contribution in [2.24, 2.45) is 10.8 Å². The van der Waals surface area contributed by atoms with Gasteiger partial charge in [-0.25, -0.2) is 0 Å². The number of rotatable bonds is 10. The first kappa shape index (κ1) is 32.6. The van der Waals surface area contributed by atoms with E-state index in [0.29, 0.717) is 65.3 Å². The average molecular weight is 641 g/mol. The molecular formula is C36H43Cl2NO5. The van der Waals surface area contributed by atoms with Crippen LogP contribution in [0.4, 0.5) is 0 Å². The van der Waals surface area contributed by atoms with Gasteiger partial charge < -0.3 is 19.1 Å². The van der Waals surface area contributed by atoms with E-state index in [0.717, 1.165) is 41.8 Å². The van der Waals surface area contributed by atoms with Crippen LogP contribution in [0.25, 0.3) is 0 Å². The minimum absolute atomic E-state index is 0.0790. The van der Waals surface area contributed by atoms with Gasteiger partial charge in [-0.05, 0) is 60.8 Å². The third kappa shape index (κ3) is 6.59. The predicted molar refractivity (Wildman–Crippen MR) is 174 cm³/mol. The summed E-state index contributed by atoms with van der Waals surface area (Å²) in [5, 5.41) is 0.962. The molecule has 0 N–H and O–H groups in total. The van der Waals surface area contributed by atoms with Crippen molar-refractivity contribution in [2.45, 2.75) is 79.2 Å². The van der Waals surface area contributed by atoms with Gasteiger partial charge in [0.1, 0.15) is 6.61 Å². The second kappa shape index (κ2) is 12.9. The number of ketones is 2. The highest BCUT2D eigenvalue weighted by molar-refractivity contribution is 6.32. The summed E-state index contributed by atoms with van der Waals surface area (Å²) in [5.74, 6) is 0.511. The molecule has 8 heteroatoms. The fourth-order valence-electron chi connectivity index (χ4n) is 6.94. The summed E-state index contributed by atoms with van der Waals surface area (Å²) >= 11 is 13.3. The summed E-state index contributed by atoms with van der Waals surface area (Å²) in [6.45, 7) is 12.4. The Morgan fingerprint density at radius 1 is 0.864 bits per heavy atom. The molecule has 0 unspecified atom stereocenters. The topological polar surface area (TPSA) is 65.1 Å². The molecule has 2 aromatic rings. The summed E-state index contributed by atoms with van der Waals surface area (Å²) in [7, 11) is 1.70. The lowest BCUT2D eigenvalue weighted by Gasteiger charge is -2.49. The van der Waals surface area contributed by atoms with Crippen LogP contribution < -0.4 is 9.47 Å². The Hall–Kier alpha value is -2.80. The van der Waals surface area contributed by atoms with Crippen LogP contribution in [-0.2, 0) is 20.9 Å². The zero-order valence-corrected chi connectivity index (χ0v) is 28.2. The van der Waals surface area contributed by atoms with Gasteiger partial charge >= 0.3 is 0 Å². The maximum atomic E-state index is 14.1. The first-order valence-electron chi connectivity index (χ1n) is 15.5. The van der Waals surface area contributed by atoms with E-state index in [4.69, 9.17) is 37.4 Å². The van der Waals surface area contributed by atoms with E-state index >= 15 is 0 Å². The van der Waals surface area contributed by atoms with Crippen LogP contribution >= 0.6 is 23.2 Å². The molecule has 0 aromatic heterocycles. The number of methoxy groups -OCH3 is 1. The molecule has 2 aromatic carbocycles. The summed E-state index contributed by atoms with van der Waals surface area (Å²) < 4.78 is 17.7. The van der Waals surface area contributed by atoms with Gasteiger partial charge in [0, 0.05) is 72.1 Å². The minimum Gasteiger partial charge on any atom is -0.490 e. The Labute approximate surface area is 271 Å². The molecule has 1 heterocycles. The molecule has 0 saturated heterocycles. The molecule has 1 aliphatic heterocycles. The smallest absolute Gasteiger partial charge is 0.180 e. The predicted octanol–water partition coefficient (Wildman–Crippen LogP) is 8.69. The maximum Gasteiger partial charge on any atom is 0.180 e. The second-order valence-electron chi connectivity index (χ2n) is 13.7. The van der Waals surface area contributed by atoms with E-state index in [1.165, 1.54) is 0 Å². The molecule has 0 atom stereocenters. The fraction of sp³-hybridized carbons (Fsp3) is 0.500. The molecule has 0 spiro atoms. The van der Waals surface area contributed by atoms with Gasteiger partial charge in [-0.3, -0.25) is 9.59 Å². The molecule has 0 fully saturated rings. The van der Waals surface area contributed by atoms with Crippen molar-refractivity contribution in [3.05, 3.63) is 80.1 Å². The van der Waals surface area contributed by atoms with E-state index < -0.39 is 5.92 Å². The number of halogens is 2. The van der Waals surface area contributed by atoms with Crippen molar-refractivity contribution in [2.75, 3.05) is 26.9 Å². The van der Waals surface area contributed by atoms with E-state index in [2.05, 4.69) is 32.6 Å². The summed E-state index contributed by atoms with van der Waals surface area (Å²) in [6.07, 6.45) is 3.11. The molecule has 236 valence electrons. The largest absolute Gasteiger partial charge is 0.490 e. The lowest BCUT2D eigenvalue weighted by Crippen LogP contribution is -2.44. The van der Waals surface area contributed by atoms with Crippen LogP contribution in [0.3, 0.4) is 0 Å². The standard InChI is InChI=1S/C36H43Cl2NO5/c1-7-43-30-16-23(15-25(38)34(30)44-21-22-11-8-9-12-24(22)37)31-32-26(17-35(2,3)19-28(32)40)39(13-10-14-42-6)27-18-36(4,5)20-29(41)33(27)31/h8-9,11-12,15-16,31H,7,10,13-14,17-21H2,1-6H3. The number of ether oxygens (including phenoxy) is 3. The van der Waals surface area contributed by atoms with Crippen LogP contribution in [0.2, 0.25) is 10.0 Å². The van der Waals surface area contributed by atoms with Crippen LogP contribution in [-0.4, -0.2) is 43.3 Å². The SMILES string of the molecule is CCOc1cc(C2C3=C(CC(C)(C)CC3=O)N(CCCOC)C3=C2C(=O)CC(C)(C)C3)cc(Cl)c1OCc1ccccc1Cl. The number of allylic oxidation sites excluding steroid dienone is 4. The number of hydrogen-bond acceptors (Lipinski definition) is 6. The Morgan fingerprint density at radius 2 is 1.48 bits per heavy atom. The number of hydrogen-bond donors (Lipinski definition) is 0. The fourth-order valence-corrected chi connectivity index (χ4v) is 7.40. The number of carbonyl (C=O) groups is 2. The van der Waals surface area contributed by atoms with Gasteiger partial charge in [0.25, 0.3) is 0 Å². The zero-order valence-electron chi connectivity index (χ0n) is 26.6. The molecule has 5 rings (SSSR count). The third-order valence-corrected chi connectivity index (χ3v) is 9.40. The molecule has 44 heavy (non-hydrogen) atoms.